The summed E-state index contributed by atoms with van der Waals surface area (Å²) in [6.45, 7) is 10.7. The number of nitrogens with one attached hydrogen (secondary N) is 2. The number of aryl methyl sites for hydroxylation is 4. The van der Waals surface area contributed by atoms with Gasteiger partial charge < -0.3 is 9.97 Å². The maximum absolute atomic E-state index is 5.44. The number of rotatable bonds is 5. The van der Waals surface area contributed by atoms with Crippen molar-refractivity contribution < 1.29 is 0 Å². The standard InChI is InChI=1S/C50H42N4/c1-6-39-38-29-46(51-39)50(37-21-13-33(5)14-22-37)45-28-27-44(54-45)49(36-19-11-32(4)12-20-36)43-26-25-42(53-43)48(35-17-9-31(3)10-18-35)41-24-23-40(52-41)47(38)34-15-7-30(2)8-16-34/h7-29,52,54H,6H2,1-5H3. The summed E-state index contributed by atoms with van der Waals surface area (Å²) >= 11 is 0. The van der Waals surface area contributed by atoms with E-state index in [1.54, 1.807) is 0 Å². The van der Waals surface area contributed by atoms with Crippen molar-refractivity contribution in [3.05, 3.63) is 167 Å². The van der Waals surface area contributed by atoms with Gasteiger partial charge >= 0.3 is 0 Å². The Labute approximate surface area is 316 Å². The number of hydrogen-bond donors (Lipinski definition) is 2. The number of fused-ring (bicyclic) bond motifs is 8. The second-order valence-corrected chi connectivity index (χ2v) is 14.6. The van der Waals surface area contributed by atoms with Gasteiger partial charge in [-0.1, -0.05) is 126 Å². The van der Waals surface area contributed by atoms with Crippen molar-refractivity contribution in [1.82, 2.24) is 15.0 Å². The molecule has 0 saturated carbocycles. The van der Waals surface area contributed by atoms with Crippen molar-refractivity contribution >= 4 is 45.6 Å². The fourth-order valence-corrected chi connectivity index (χ4v) is 7.75. The molecule has 2 aliphatic rings. The van der Waals surface area contributed by atoms with E-state index >= 15 is 0 Å². The number of hydrogen-bond acceptors (Lipinski definition) is 2. The van der Waals surface area contributed by atoms with E-state index in [0.717, 1.165) is 101 Å². The molecule has 8 bridgehead atoms. The summed E-state index contributed by atoms with van der Waals surface area (Å²) in [7, 11) is 0. The summed E-state index contributed by atoms with van der Waals surface area (Å²) in [4.78, 5) is 18.7. The fourth-order valence-electron chi connectivity index (χ4n) is 7.75. The summed E-state index contributed by atoms with van der Waals surface area (Å²) in [5.74, 6) is 0. The second-order valence-electron chi connectivity index (χ2n) is 14.6. The average molecular weight is 699 g/mol. The van der Waals surface area contributed by atoms with E-state index in [0.29, 0.717) is 0 Å². The van der Waals surface area contributed by atoms with Gasteiger partial charge in [-0.15, -0.1) is 0 Å². The number of benzene rings is 4. The van der Waals surface area contributed by atoms with Crippen molar-refractivity contribution in [2.45, 2.75) is 41.0 Å². The molecule has 0 saturated heterocycles. The zero-order chi connectivity index (χ0) is 36.9. The highest BCUT2D eigenvalue weighted by Gasteiger charge is 2.21. The lowest BCUT2D eigenvalue weighted by atomic mass is 9.96. The zero-order valence-electron chi connectivity index (χ0n) is 31.4. The van der Waals surface area contributed by atoms with E-state index in [2.05, 4.69) is 184 Å². The van der Waals surface area contributed by atoms with E-state index in [9.17, 15) is 0 Å². The van der Waals surface area contributed by atoms with Crippen LogP contribution in [0.1, 0.15) is 52.5 Å². The van der Waals surface area contributed by atoms with E-state index in [1.807, 2.05) is 0 Å². The van der Waals surface area contributed by atoms with Crippen LogP contribution in [0.5, 0.6) is 0 Å². The molecule has 54 heavy (non-hydrogen) atoms. The minimum atomic E-state index is 0.793. The van der Waals surface area contributed by atoms with Gasteiger partial charge in [0.25, 0.3) is 0 Å². The van der Waals surface area contributed by atoms with E-state index in [4.69, 9.17) is 9.98 Å². The van der Waals surface area contributed by atoms with E-state index < -0.39 is 0 Å². The van der Waals surface area contributed by atoms with Crippen LogP contribution in [-0.4, -0.2) is 20.7 Å². The molecular weight excluding hydrogens is 657 g/mol. The van der Waals surface area contributed by atoms with Gasteiger partial charge in [-0.25, -0.2) is 4.98 Å². The van der Waals surface area contributed by atoms with Crippen LogP contribution in [0.25, 0.3) is 78.7 Å². The first-order valence-electron chi connectivity index (χ1n) is 18.8. The fraction of sp³-hybridized carbons (Fsp3) is 0.120. The SMILES string of the molecule is CCC1=Nc2cc1c(-c1ccc(C)cc1)c1ccc([nH]1)c(-c1ccc(C)cc1)c1nc(c(-c3ccc(C)cc3)c3ccc([nH]3)c2-c2ccc(C)cc2)C=C1. The molecule has 3 aromatic heterocycles. The third-order valence-corrected chi connectivity index (χ3v) is 10.7. The van der Waals surface area contributed by atoms with Crippen LogP contribution in [0.4, 0.5) is 5.69 Å². The van der Waals surface area contributed by atoms with Crippen LogP contribution in [0.15, 0.2) is 132 Å². The Hall–Kier alpha value is -6.52. The van der Waals surface area contributed by atoms with Gasteiger partial charge in [0.15, 0.2) is 0 Å². The first-order chi connectivity index (χ1) is 26.3. The normalized spacial score (nSPS) is 12.3. The molecule has 0 fully saturated rings. The molecule has 262 valence electrons. The summed E-state index contributed by atoms with van der Waals surface area (Å²) < 4.78 is 0. The zero-order valence-corrected chi connectivity index (χ0v) is 31.4. The van der Waals surface area contributed by atoms with Crippen LogP contribution in [0, 0.1) is 27.7 Å². The first-order valence-corrected chi connectivity index (χ1v) is 18.8. The van der Waals surface area contributed by atoms with Crippen molar-refractivity contribution in [3.63, 3.8) is 0 Å². The number of nitrogens with zero attached hydrogens (tertiary/aromatic N) is 2. The summed E-state index contributed by atoms with van der Waals surface area (Å²) in [5, 5.41) is 0. The number of aliphatic imine (C=N–C) groups is 1. The molecule has 7 aromatic rings. The molecule has 4 heteroatoms. The van der Waals surface area contributed by atoms with Crippen molar-refractivity contribution in [2.24, 2.45) is 4.99 Å². The third kappa shape index (κ3) is 6.00. The average Bonchev–Trinajstić information content (AvgIpc) is 4.01. The maximum atomic E-state index is 5.44. The molecule has 2 aliphatic heterocycles. The lowest BCUT2D eigenvalue weighted by molar-refractivity contribution is 1.28. The highest BCUT2D eigenvalue weighted by atomic mass is 14.8. The predicted molar refractivity (Wildman–Crippen MR) is 229 cm³/mol. The van der Waals surface area contributed by atoms with Gasteiger partial charge in [-0.3, -0.25) is 4.99 Å². The van der Waals surface area contributed by atoms with Gasteiger partial charge in [0.2, 0.25) is 0 Å². The summed E-state index contributed by atoms with van der Waals surface area (Å²) in [6, 6.07) is 46.3. The van der Waals surface area contributed by atoms with Gasteiger partial charge in [-0.05, 0) is 98.9 Å². The Morgan fingerprint density at radius 3 is 1.19 bits per heavy atom. The smallest absolute Gasteiger partial charge is 0.0739 e. The molecule has 0 aliphatic carbocycles. The predicted octanol–water partition coefficient (Wildman–Crippen LogP) is 13.5. The molecule has 5 heterocycles. The monoisotopic (exact) mass is 698 g/mol. The maximum Gasteiger partial charge on any atom is 0.0739 e. The quantitative estimate of drug-likeness (QED) is 0.185. The molecule has 4 aromatic carbocycles. The summed E-state index contributed by atoms with van der Waals surface area (Å²) in [6.07, 6.45) is 5.12. The Kier molecular flexibility index (Phi) is 8.31. The molecule has 0 unspecified atom stereocenters. The van der Waals surface area contributed by atoms with E-state index in [-0.39, 0.29) is 0 Å². The lowest BCUT2D eigenvalue weighted by Gasteiger charge is -2.09. The Morgan fingerprint density at radius 2 is 0.778 bits per heavy atom. The molecule has 0 spiro atoms. The molecule has 2 N–H and O–H groups in total. The van der Waals surface area contributed by atoms with Gasteiger partial charge in [0, 0.05) is 55.6 Å². The minimum absolute atomic E-state index is 0.793. The van der Waals surface area contributed by atoms with Gasteiger partial charge in [-0.2, -0.15) is 0 Å². The highest BCUT2D eigenvalue weighted by molar-refractivity contribution is 6.14. The largest absolute Gasteiger partial charge is 0.354 e. The van der Waals surface area contributed by atoms with Gasteiger partial charge in [0.1, 0.15) is 0 Å². The van der Waals surface area contributed by atoms with Crippen LogP contribution in [0.2, 0.25) is 0 Å². The third-order valence-electron chi connectivity index (χ3n) is 10.7. The van der Waals surface area contributed by atoms with Crippen LogP contribution < -0.4 is 0 Å². The Bertz CT molecular complexity index is 2790. The van der Waals surface area contributed by atoms with Crippen molar-refractivity contribution in [3.8, 4) is 44.5 Å². The van der Waals surface area contributed by atoms with Crippen molar-refractivity contribution in [1.29, 1.82) is 0 Å². The molecule has 0 radical (unpaired) electrons. The molecule has 9 rings (SSSR count). The minimum Gasteiger partial charge on any atom is -0.354 e. The Morgan fingerprint density at radius 1 is 0.426 bits per heavy atom. The highest BCUT2D eigenvalue weighted by Crippen LogP contribution is 2.42. The number of aromatic amines is 2. The van der Waals surface area contributed by atoms with Crippen LogP contribution in [0.3, 0.4) is 0 Å². The molecule has 4 nitrogen and oxygen atoms in total. The van der Waals surface area contributed by atoms with Crippen LogP contribution in [-0.2, 0) is 0 Å². The first kappa shape index (κ1) is 33.3. The molecule has 0 amide bonds. The van der Waals surface area contributed by atoms with E-state index in [1.165, 1.54) is 22.3 Å². The lowest BCUT2D eigenvalue weighted by Crippen LogP contribution is -1.97. The number of aromatic nitrogens is 3. The van der Waals surface area contributed by atoms with Gasteiger partial charge in [0.05, 0.1) is 17.1 Å². The number of H-pyrrole nitrogens is 2. The van der Waals surface area contributed by atoms with Crippen LogP contribution >= 0.6 is 0 Å². The molecule has 0 atom stereocenters. The Balaban J connectivity index is 1.49. The van der Waals surface area contributed by atoms with Crippen molar-refractivity contribution in [2.75, 3.05) is 0 Å². The summed E-state index contributed by atoms with van der Waals surface area (Å²) in [5.41, 5.74) is 22.7. The second kappa shape index (κ2) is 13.5. The topological polar surface area (TPSA) is 56.8 Å². The molecular formula is C50H42N4.